The van der Waals surface area contributed by atoms with Crippen molar-refractivity contribution in [2.24, 2.45) is 10.9 Å². The smallest absolute Gasteiger partial charge is 0.191 e. The average molecular weight is 421 g/mol. The lowest BCUT2D eigenvalue weighted by atomic mass is 10.0. The fourth-order valence-corrected chi connectivity index (χ4v) is 4.96. The molecule has 0 aliphatic carbocycles. The predicted molar refractivity (Wildman–Crippen MR) is 121 cm³/mol. The van der Waals surface area contributed by atoms with Gasteiger partial charge in [0.05, 0.1) is 13.2 Å². The first kappa shape index (κ1) is 22.2. The molecular formula is C22H36N4O2S. The summed E-state index contributed by atoms with van der Waals surface area (Å²) in [6, 6.07) is 10.5. The number of guanidine groups is 1. The Balaban J connectivity index is 1.38. The number of aliphatic imine (C=N–C) groups is 1. The van der Waals surface area contributed by atoms with Crippen LogP contribution < -0.4 is 10.6 Å². The molecule has 0 saturated carbocycles. The zero-order valence-electron chi connectivity index (χ0n) is 17.6. The minimum Gasteiger partial charge on any atom is -0.381 e. The van der Waals surface area contributed by atoms with E-state index >= 15 is 0 Å². The van der Waals surface area contributed by atoms with Crippen LogP contribution in [0.15, 0.2) is 35.3 Å². The number of ether oxygens (including phenoxy) is 1. The number of piperidine rings is 1. The highest BCUT2D eigenvalue weighted by atomic mass is 32.2. The summed E-state index contributed by atoms with van der Waals surface area (Å²) in [6.45, 7) is 8.80. The van der Waals surface area contributed by atoms with Crippen molar-refractivity contribution in [1.29, 1.82) is 0 Å². The molecule has 2 atom stereocenters. The van der Waals surface area contributed by atoms with Crippen molar-refractivity contribution in [2.45, 2.75) is 38.0 Å². The van der Waals surface area contributed by atoms with E-state index in [1.807, 2.05) is 30.3 Å². The SMILES string of the molecule is CCNC(=NCCS(=O)Cc1ccccc1)NC1CCN(CC2CCOC2)CC1. The van der Waals surface area contributed by atoms with E-state index < -0.39 is 10.8 Å². The molecule has 29 heavy (non-hydrogen) atoms. The minimum absolute atomic E-state index is 0.457. The third-order valence-electron chi connectivity index (χ3n) is 5.57. The number of likely N-dealkylation sites (tertiary alicyclic amines) is 1. The van der Waals surface area contributed by atoms with Gasteiger partial charge in [0.2, 0.25) is 0 Å². The van der Waals surface area contributed by atoms with Gasteiger partial charge < -0.3 is 20.3 Å². The van der Waals surface area contributed by atoms with E-state index in [9.17, 15) is 4.21 Å². The number of nitrogens with one attached hydrogen (secondary N) is 2. The zero-order chi connectivity index (χ0) is 20.3. The topological polar surface area (TPSA) is 66.0 Å². The van der Waals surface area contributed by atoms with Gasteiger partial charge >= 0.3 is 0 Å². The summed E-state index contributed by atoms with van der Waals surface area (Å²) in [7, 11) is -0.885. The molecule has 0 spiro atoms. The van der Waals surface area contributed by atoms with E-state index in [-0.39, 0.29) is 0 Å². The Bertz CT molecular complexity index is 641. The standard InChI is InChI=1S/C22H36N4O2S/c1-2-23-22(24-11-15-29(27)18-19-6-4-3-5-7-19)25-21-8-12-26(13-9-21)16-20-10-14-28-17-20/h3-7,20-21H,2,8-18H2,1H3,(H2,23,24,25). The van der Waals surface area contributed by atoms with Crippen molar-refractivity contribution in [1.82, 2.24) is 15.5 Å². The van der Waals surface area contributed by atoms with Crippen molar-refractivity contribution in [3.8, 4) is 0 Å². The van der Waals surface area contributed by atoms with Crippen molar-refractivity contribution in [3.63, 3.8) is 0 Å². The molecule has 2 N–H and O–H groups in total. The van der Waals surface area contributed by atoms with Gasteiger partial charge in [-0.2, -0.15) is 0 Å². The second kappa shape index (κ2) is 12.3. The van der Waals surface area contributed by atoms with Crippen LogP contribution in [0.3, 0.4) is 0 Å². The predicted octanol–water partition coefficient (Wildman–Crippen LogP) is 1.99. The fourth-order valence-electron chi connectivity index (χ4n) is 3.96. The Morgan fingerprint density at radius 1 is 1.24 bits per heavy atom. The molecule has 0 amide bonds. The Morgan fingerprint density at radius 3 is 2.72 bits per heavy atom. The molecular weight excluding hydrogens is 384 g/mol. The van der Waals surface area contributed by atoms with Crippen LogP contribution in [0.1, 0.15) is 31.7 Å². The highest BCUT2D eigenvalue weighted by Crippen LogP contribution is 2.17. The number of nitrogens with zero attached hydrogens (tertiary/aromatic N) is 2. The van der Waals surface area contributed by atoms with E-state index in [1.54, 1.807) is 0 Å². The molecule has 2 saturated heterocycles. The molecule has 2 heterocycles. The Labute approximate surface area is 178 Å². The van der Waals surface area contributed by atoms with Crippen LogP contribution >= 0.6 is 0 Å². The molecule has 1 aromatic carbocycles. The maximum absolute atomic E-state index is 12.3. The van der Waals surface area contributed by atoms with Gasteiger partial charge in [-0.05, 0) is 37.7 Å². The summed E-state index contributed by atoms with van der Waals surface area (Å²) in [5, 5.41) is 6.92. The van der Waals surface area contributed by atoms with Crippen molar-refractivity contribution >= 4 is 16.8 Å². The maximum Gasteiger partial charge on any atom is 0.191 e. The third kappa shape index (κ3) is 8.07. The van der Waals surface area contributed by atoms with Gasteiger partial charge in [0.25, 0.3) is 0 Å². The molecule has 2 unspecified atom stereocenters. The summed E-state index contributed by atoms with van der Waals surface area (Å²) < 4.78 is 17.8. The summed E-state index contributed by atoms with van der Waals surface area (Å²) in [5.41, 5.74) is 1.12. The Morgan fingerprint density at radius 2 is 2.03 bits per heavy atom. The van der Waals surface area contributed by atoms with Crippen LogP contribution in [0.2, 0.25) is 0 Å². The molecule has 2 aliphatic rings. The minimum atomic E-state index is -0.885. The largest absolute Gasteiger partial charge is 0.381 e. The highest BCUT2D eigenvalue weighted by molar-refractivity contribution is 7.84. The summed E-state index contributed by atoms with van der Waals surface area (Å²) in [4.78, 5) is 7.24. The van der Waals surface area contributed by atoms with E-state index in [2.05, 4.69) is 27.4 Å². The van der Waals surface area contributed by atoms with Crippen LogP contribution in [0.4, 0.5) is 0 Å². The van der Waals surface area contributed by atoms with Crippen molar-refractivity contribution < 1.29 is 8.95 Å². The summed E-state index contributed by atoms with van der Waals surface area (Å²) in [6.07, 6.45) is 3.48. The molecule has 7 heteroatoms. The second-order valence-electron chi connectivity index (χ2n) is 7.98. The first-order valence-corrected chi connectivity index (χ1v) is 12.5. The molecule has 2 fully saturated rings. The first-order chi connectivity index (χ1) is 14.2. The van der Waals surface area contributed by atoms with Gasteiger partial charge in [-0.25, -0.2) is 0 Å². The molecule has 0 bridgehead atoms. The number of hydrogen-bond acceptors (Lipinski definition) is 4. The summed E-state index contributed by atoms with van der Waals surface area (Å²) in [5.74, 6) is 2.76. The normalized spacial score (nSPS) is 22.5. The molecule has 0 aromatic heterocycles. The van der Waals surface area contributed by atoms with E-state index in [1.165, 1.54) is 13.0 Å². The van der Waals surface area contributed by atoms with E-state index in [0.717, 1.165) is 63.1 Å². The van der Waals surface area contributed by atoms with Gasteiger partial charge in [-0.1, -0.05) is 30.3 Å². The van der Waals surface area contributed by atoms with Gasteiger partial charge in [0, 0.05) is 61.1 Å². The molecule has 0 radical (unpaired) electrons. The zero-order valence-corrected chi connectivity index (χ0v) is 18.5. The molecule has 6 nitrogen and oxygen atoms in total. The number of benzene rings is 1. The second-order valence-corrected chi connectivity index (χ2v) is 9.56. The van der Waals surface area contributed by atoms with E-state index in [4.69, 9.17) is 4.74 Å². The molecule has 1 aromatic rings. The summed E-state index contributed by atoms with van der Waals surface area (Å²) >= 11 is 0. The van der Waals surface area contributed by atoms with Crippen molar-refractivity contribution in [2.75, 3.05) is 51.7 Å². The van der Waals surface area contributed by atoms with Gasteiger partial charge in [-0.15, -0.1) is 0 Å². The van der Waals surface area contributed by atoms with E-state index in [0.29, 0.717) is 24.1 Å². The molecule has 162 valence electrons. The van der Waals surface area contributed by atoms with Crippen LogP contribution in [0.5, 0.6) is 0 Å². The molecule has 3 rings (SSSR count). The van der Waals surface area contributed by atoms with Crippen LogP contribution in [-0.4, -0.2) is 72.8 Å². The lowest BCUT2D eigenvalue weighted by molar-refractivity contribution is 0.150. The number of rotatable bonds is 9. The highest BCUT2D eigenvalue weighted by Gasteiger charge is 2.24. The quantitative estimate of drug-likeness (QED) is 0.472. The lowest BCUT2D eigenvalue weighted by Gasteiger charge is -2.34. The van der Waals surface area contributed by atoms with Crippen LogP contribution in [-0.2, 0) is 21.3 Å². The maximum atomic E-state index is 12.3. The van der Waals surface area contributed by atoms with Crippen molar-refractivity contribution in [3.05, 3.63) is 35.9 Å². The average Bonchev–Trinajstić information content (AvgIpc) is 3.23. The van der Waals surface area contributed by atoms with Crippen LogP contribution in [0.25, 0.3) is 0 Å². The Hall–Kier alpha value is -1.44. The number of hydrogen-bond donors (Lipinski definition) is 2. The third-order valence-corrected chi connectivity index (χ3v) is 6.87. The van der Waals surface area contributed by atoms with Gasteiger partial charge in [-0.3, -0.25) is 9.20 Å². The monoisotopic (exact) mass is 420 g/mol. The lowest BCUT2D eigenvalue weighted by Crippen LogP contribution is -2.49. The molecule has 2 aliphatic heterocycles. The first-order valence-electron chi connectivity index (χ1n) is 11.0. The van der Waals surface area contributed by atoms with Gasteiger partial charge in [0.15, 0.2) is 5.96 Å². The fraction of sp³-hybridized carbons (Fsp3) is 0.682. The van der Waals surface area contributed by atoms with Crippen LogP contribution in [0, 0.1) is 5.92 Å². The Kier molecular flexibility index (Phi) is 9.44. The van der Waals surface area contributed by atoms with Gasteiger partial charge in [0.1, 0.15) is 0 Å².